The van der Waals surface area contributed by atoms with Crippen molar-refractivity contribution in [3.05, 3.63) is 0 Å². The van der Waals surface area contributed by atoms with Gasteiger partial charge in [-0.15, -0.1) is 0 Å². The maximum absolute atomic E-state index is 11.9. The molecule has 3 N–H and O–H groups in total. The Labute approximate surface area is 131 Å². The largest absolute Gasteiger partial charge is 0.394 e. The lowest BCUT2D eigenvalue weighted by Crippen LogP contribution is -2.51. The van der Waals surface area contributed by atoms with Crippen molar-refractivity contribution in [1.29, 1.82) is 0 Å². The number of ether oxygens (including phenoxy) is 1. The first-order chi connectivity index (χ1) is 10.7. The first-order valence-corrected chi connectivity index (χ1v) is 8.49. The Kier molecular flexibility index (Phi) is 4.98. The molecule has 0 unspecified atom stereocenters. The van der Waals surface area contributed by atoms with Crippen LogP contribution in [0.25, 0.3) is 0 Å². The van der Waals surface area contributed by atoms with E-state index in [1.54, 1.807) is 0 Å². The Balaban J connectivity index is 1.41. The minimum Gasteiger partial charge on any atom is -0.394 e. The van der Waals surface area contributed by atoms with Gasteiger partial charge >= 0.3 is 0 Å². The van der Waals surface area contributed by atoms with Gasteiger partial charge in [0.15, 0.2) is 0 Å². The summed E-state index contributed by atoms with van der Waals surface area (Å²) in [7, 11) is 0. The number of aliphatic hydroxyl groups is 1. The van der Waals surface area contributed by atoms with Crippen molar-refractivity contribution in [2.24, 2.45) is 11.8 Å². The lowest BCUT2D eigenvalue weighted by Gasteiger charge is -2.36. The molecule has 1 saturated heterocycles. The Hall–Kier alpha value is -1.14. The van der Waals surface area contributed by atoms with Gasteiger partial charge in [0, 0.05) is 12.5 Å². The Morgan fingerprint density at radius 3 is 2.50 bits per heavy atom. The van der Waals surface area contributed by atoms with E-state index in [4.69, 9.17) is 4.74 Å². The topological polar surface area (TPSA) is 87.7 Å². The number of hydrogen-bond donors (Lipinski definition) is 3. The molecule has 2 aliphatic carbocycles. The molecule has 3 aliphatic rings. The normalized spacial score (nSPS) is 31.6. The third-order valence-electron chi connectivity index (χ3n) is 4.77. The maximum atomic E-state index is 11.9. The molecule has 22 heavy (non-hydrogen) atoms. The number of hydrogen-bond acceptors (Lipinski definition) is 4. The molecular formula is C16H26N2O4. The molecule has 3 fully saturated rings. The van der Waals surface area contributed by atoms with Gasteiger partial charge in [-0.1, -0.05) is 0 Å². The van der Waals surface area contributed by atoms with Gasteiger partial charge in [-0.25, -0.2) is 0 Å². The van der Waals surface area contributed by atoms with E-state index in [2.05, 4.69) is 10.6 Å². The van der Waals surface area contributed by atoms with E-state index in [-0.39, 0.29) is 36.5 Å². The van der Waals surface area contributed by atoms with Crippen LogP contribution >= 0.6 is 0 Å². The van der Waals surface area contributed by atoms with Crippen molar-refractivity contribution < 1.29 is 19.4 Å². The fraction of sp³-hybridized carbons (Fsp3) is 0.875. The molecule has 6 heteroatoms. The van der Waals surface area contributed by atoms with E-state index in [9.17, 15) is 14.7 Å². The second-order valence-electron chi connectivity index (χ2n) is 6.90. The average Bonchev–Trinajstić information content (AvgIpc) is 3.40. The highest BCUT2D eigenvalue weighted by atomic mass is 16.5. The molecular weight excluding hydrogens is 284 g/mol. The molecule has 3 rings (SSSR count). The van der Waals surface area contributed by atoms with E-state index in [1.165, 1.54) is 12.8 Å². The van der Waals surface area contributed by atoms with Gasteiger partial charge in [-0.05, 0) is 44.4 Å². The standard InChI is InChI=1S/C16H26N2O4/c19-9-14-13(18-16(21)11-3-4-11)6-5-12(22-14)7-15(20)17-8-10-1-2-10/h10-14,19H,1-9H2,(H,17,20)(H,18,21)/t12-,13-,14-/m0/s1. The summed E-state index contributed by atoms with van der Waals surface area (Å²) < 4.78 is 5.82. The second-order valence-corrected chi connectivity index (χ2v) is 6.90. The molecule has 2 saturated carbocycles. The minimum absolute atomic E-state index is 0.0223. The number of amides is 2. The zero-order valence-corrected chi connectivity index (χ0v) is 12.9. The smallest absolute Gasteiger partial charge is 0.223 e. The van der Waals surface area contributed by atoms with Crippen LogP contribution in [-0.4, -0.2) is 48.3 Å². The summed E-state index contributed by atoms with van der Waals surface area (Å²) in [6, 6.07) is -0.135. The molecule has 6 nitrogen and oxygen atoms in total. The van der Waals surface area contributed by atoms with Gasteiger partial charge in [0.1, 0.15) is 6.10 Å². The predicted molar refractivity (Wildman–Crippen MR) is 80.0 cm³/mol. The van der Waals surface area contributed by atoms with Crippen molar-refractivity contribution in [3.8, 4) is 0 Å². The van der Waals surface area contributed by atoms with Crippen LogP contribution in [0.5, 0.6) is 0 Å². The lowest BCUT2D eigenvalue weighted by atomic mass is 9.96. The summed E-state index contributed by atoms with van der Waals surface area (Å²) in [6.07, 6.45) is 5.63. The monoisotopic (exact) mass is 310 g/mol. The molecule has 0 aromatic heterocycles. The fourth-order valence-electron chi connectivity index (χ4n) is 2.95. The average molecular weight is 310 g/mol. The summed E-state index contributed by atoms with van der Waals surface area (Å²) in [4.78, 5) is 23.7. The number of aliphatic hydroxyl groups excluding tert-OH is 1. The Morgan fingerprint density at radius 1 is 1.09 bits per heavy atom. The molecule has 0 spiro atoms. The van der Waals surface area contributed by atoms with E-state index < -0.39 is 6.10 Å². The third kappa shape index (κ3) is 4.43. The van der Waals surface area contributed by atoms with E-state index in [0.29, 0.717) is 12.3 Å². The Bertz CT molecular complexity index is 420. The van der Waals surface area contributed by atoms with Crippen molar-refractivity contribution in [2.75, 3.05) is 13.2 Å². The summed E-state index contributed by atoms with van der Waals surface area (Å²) in [5.41, 5.74) is 0. The van der Waals surface area contributed by atoms with E-state index in [0.717, 1.165) is 32.2 Å². The second kappa shape index (κ2) is 6.96. The van der Waals surface area contributed by atoms with Crippen LogP contribution < -0.4 is 10.6 Å². The van der Waals surface area contributed by atoms with Crippen molar-refractivity contribution in [3.63, 3.8) is 0 Å². The quantitative estimate of drug-likeness (QED) is 0.633. The lowest BCUT2D eigenvalue weighted by molar-refractivity contribution is -0.136. The third-order valence-corrected chi connectivity index (χ3v) is 4.77. The van der Waals surface area contributed by atoms with Crippen molar-refractivity contribution in [2.45, 2.75) is 63.2 Å². The first-order valence-electron chi connectivity index (χ1n) is 8.49. The SMILES string of the molecule is O=C(C[C@@H]1CC[C@H](NC(=O)C2CC2)[C@H](CO)O1)NCC1CC1. The molecule has 124 valence electrons. The maximum Gasteiger partial charge on any atom is 0.223 e. The van der Waals surface area contributed by atoms with Gasteiger partial charge in [0.05, 0.1) is 25.2 Å². The van der Waals surface area contributed by atoms with Gasteiger partial charge in [-0.2, -0.15) is 0 Å². The van der Waals surface area contributed by atoms with Gasteiger partial charge in [0.25, 0.3) is 0 Å². The van der Waals surface area contributed by atoms with Crippen LogP contribution in [0.2, 0.25) is 0 Å². The van der Waals surface area contributed by atoms with Gasteiger partial charge < -0.3 is 20.5 Å². The molecule has 1 aliphatic heterocycles. The summed E-state index contributed by atoms with van der Waals surface area (Å²) in [5.74, 6) is 0.926. The molecule has 0 aromatic carbocycles. The number of carbonyl (C=O) groups excluding carboxylic acids is 2. The van der Waals surface area contributed by atoms with Crippen LogP contribution in [0.15, 0.2) is 0 Å². The van der Waals surface area contributed by atoms with Crippen LogP contribution in [0, 0.1) is 11.8 Å². The van der Waals surface area contributed by atoms with Crippen LogP contribution in [0.4, 0.5) is 0 Å². The summed E-state index contributed by atoms with van der Waals surface area (Å²) in [5, 5.41) is 15.4. The van der Waals surface area contributed by atoms with E-state index in [1.807, 2.05) is 0 Å². The zero-order valence-electron chi connectivity index (χ0n) is 12.9. The number of rotatable bonds is 7. The summed E-state index contributed by atoms with van der Waals surface area (Å²) >= 11 is 0. The van der Waals surface area contributed by atoms with Crippen LogP contribution in [0.1, 0.15) is 44.9 Å². The minimum atomic E-state index is -0.405. The highest BCUT2D eigenvalue weighted by molar-refractivity contribution is 5.81. The molecule has 2 amide bonds. The molecule has 0 aromatic rings. The molecule has 3 atom stereocenters. The molecule has 1 heterocycles. The number of nitrogens with one attached hydrogen (secondary N) is 2. The highest BCUT2D eigenvalue weighted by Crippen LogP contribution is 2.30. The zero-order chi connectivity index (χ0) is 15.5. The Morgan fingerprint density at radius 2 is 1.86 bits per heavy atom. The van der Waals surface area contributed by atoms with Crippen LogP contribution in [-0.2, 0) is 14.3 Å². The van der Waals surface area contributed by atoms with E-state index >= 15 is 0 Å². The van der Waals surface area contributed by atoms with Crippen molar-refractivity contribution in [1.82, 2.24) is 10.6 Å². The fourth-order valence-corrected chi connectivity index (χ4v) is 2.95. The van der Waals surface area contributed by atoms with Crippen molar-refractivity contribution >= 4 is 11.8 Å². The predicted octanol–water partition coefficient (Wildman–Crippen LogP) is 0.337. The van der Waals surface area contributed by atoms with Gasteiger partial charge in [-0.3, -0.25) is 9.59 Å². The summed E-state index contributed by atoms with van der Waals surface area (Å²) in [6.45, 7) is 0.644. The van der Waals surface area contributed by atoms with Crippen LogP contribution in [0.3, 0.4) is 0 Å². The first kappa shape index (κ1) is 15.7. The highest BCUT2D eigenvalue weighted by Gasteiger charge is 2.36. The van der Waals surface area contributed by atoms with Gasteiger partial charge in [0.2, 0.25) is 11.8 Å². The number of carbonyl (C=O) groups is 2. The molecule has 0 radical (unpaired) electrons. The molecule has 0 bridgehead atoms.